The number of hydrogen-bond acceptors (Lipinski definition) is 3. The molecule has 5 heteroatoms. The fraction of sp³-hybridized carbons (Fsp3) is 0.778. The highest BCUT2D eigenvalue weighted by Gasteiger charge is 2.39. The van der Waals surface area contributed by atoms with Gasteiger partial charge in [-0.3, -0.25) is 9.89 Å². The Hall–Kier alpha value is -1.36. The Bertz CT molecular complexity index is 484. The Labute approximate surface area is 138 Å². The van der Waals surface area contributed by atoms with E-state index in [0.29, 0.717) is 18.2 Å². The van der Waals surface area contributed by atoms with Gasteiger partial charge in [0.1, 0.15) is 0 Å². The SMILES string of the molecule is CCCC[C@@H]1CN(C(=O)CCCc2cn[nH]c2)C[C@H](C2CC2)O1. The molecule has 1 aromatic rings. The molecule has 2 atom stereocenters. The number of ether oxygens (including phenoxy) is 1. The van der Waals surface area contributed by atoms with Crippen LogP contribution in [0.15, 0.2) is 12.4 Å². The monoisotopic (exact) mass is 319 g/mol. The van der Waals surface area contributed by atoms with Gasteiger partial charge in [-0.05, 0) is 43.6 Å². The summed E-state index contributed by atoms with van der Waals surface area (Å²) in [6.45, 7) is 3.80. The summed E-state index contributed by atoms with van der Waals surface area (Å²) in [6.07, 6.45) is 12.7. The summed E-state index contributed by atoms with van der Waals surface area (Å²) in [6, 6.07) is 0. The summed E-state index contributed by atoms with van der Waals surface area (Å²) in [5.74, 6) is 0.990. The number of carbonyl (C=O) groups is 1. The number of aromatic nitrogens is 2. The van der Waals surface area contributed by atoms with E-state index in [4.69, 9.17) is 4.74 Å². The van der Waals surface area contributed by atoms with Crippen molar-refractivity contribution in [3.63, 3.8) is 0 Å². The normalized spacial score (nSPS) is 24.8. The highest BCUT2D eigenvalue weighted by Crippen LogP contribution is 2.37. The van der Waals surface area contributed by atoms with Crippen LogP contribution in [0.25, 0.3) is 0 Å². The van der Waals surface area contributed by atoms with Crippen molar-refractivity contribution in [1.29, 1.82) is 0 Å². The standard InChI is InChI=1S/C18H29N3O2/c1-2-3-6-16-12-21(13-17(23-16)15-8-9-15)18(22)7-4-5-14-10-19-20-11-14/h10-11,15-17H,2-9,12-13H2,1H3,(H,19,20)/t16-,17-/m1/s1. The minimum Gasteiger partial charge on any atom is -0.371 e. The van der Waals surface area contributed by atoms with Gasteiger partial charge in [0.2, 0.25) is 5.91 Å². The van der Waals surface area contributed by atoms with Gasteiger partial charge in [-0.25, -0.2) is 0 Å². The predicted octanol–water partition coefficient (Wildman–Crippen LogP) is 2.93. The third-order valence-electron chi connectivity index (χ3n) is 4.98. The van der Waals surface area contributed by atoms with Gasteiger partial charge in [0.25, 0.3) is 0 Å². The van der Waals surface area contributed by atoms with Gasteiger partial charge in [-0.15, -0.1) is 0 Å². The predicted molar refractivity (Wildman–Crippen MR) is 89.0 cm³/mol. The van der Waals surface area contributed by atoms with Crippen LogP contribution in [0.3, 0.4) is 0 Å². The molecule has 0 radical (unpaired) electrons. The van der Waals surface area contributed by atoms with E-state index in [0.717, 1.165) is 32.4 Å². The van der Waals surface area contributed by atoms with Crippen LogP contribution >= 0.6 is 0 Å². The minimum absolute atomic E-state index is 0.243. The number of unbranched alkanes of at least 4 members (excludes halogenated alkanes) is 1. The lowest BCUT2D eigenvalue weighted by atomic mass is 10.1. The molecular weight excluding hydrogens is 290 g/mol. The van der Waals surface area contributed by atoms with Crippen LogP contribution in [0.4, 0.5) is 0 Å². The molecule has 2 heterocycles. The van der Waals surface area contributed by atoms with E-state index in [1.165, 1.54) is 31.2 Å². The maximum absolute atomic E-state index is 12.6. The average Bonchev–Trinajstić information content (AvgIpc) is 3.30. The summed E-state index contributed by atoms with van der Waals surface area (Å²) in [7, 11) is 0. The number of rotatable bonds is 8. The molecule has 1 saturated heterocycles. The van der Waals surface area contributed by atoms with Gasteiger partial charge in [0.05, 0.1) is 18.4 Å². The molecule has 1 amide bonds. The maximum atomic E-state index is 12.6. The van der Waals surface area contributed by atoms with Gasteiger partial charge >= 0.3 is 0 Å². The van der Waals surface area contributed by atoms with E-state index in [1.807, 2.05) is 12.4 Å². The molecule has 1 aromatic heterocycles. The van der Waals surface area contributed by atoms with Crippen LogP contribution in [0.1, 0.15) is 57.4 Å². The minimum atomic E-state index is 0.243. The average molecular weight is 319 g/mol. The third-order valence-corrected chi connectivity index (χ3v) is 4.98. The van der Waals surface area contributed by atoms with E-state index in [9.17, 15) is 4.79 Å². The molecule has 2 fully saturated rings. The number of carbonyl (C=O) groups excluding carboxylic acids is 1. The number of nitrogens with one attached hydrogen (secondary N) is 1. The van der Waals surface area contributed by atoms with E-state index in [2.05, 4.69) is 22.0 Å². The van der Waals surface area contributed by atoms with Gasteiger partial charge < -0.3 is 9.64 Å². The lowest BCUT2D eigenvalue weighted by Gasteiger charge is -2.38. The molecule has 3 rings (SSSR count). The van der Waals surface area contributed by atoms with Crippen LogP contribution in [0.2, 0.25) is 0 Å². The Kier molecular flexibility index (Phi) is 5.70. The number of H-pyrrole nitrogens is 1. The topological polar surface area (TPSA) is 58.2 Å². The highest BCUT2D eigenvalue weighted by molar-refractivity contribution is 5.76. The van der Waals surface area contributed by atoms with Crippen molar-refractivity contribution in [1.82, 2.24) is 15.1 Å². The van der Waals surface area contributed by atoms with Crippen molar-refractivity contribution in [2.45, 2.75) is 70.5 Å². The number of nitrogens with zero attached hydrogens (tertiary/aromatic N) is 2. The van der Waals surface area contributed by atoms with Crippen molar-refractivity contribution in [2.24, 2.45) is 5.92 Å². The molecule has 0 bridgehead atoms. The largest absolute Gasteiger partial charge is 0.371 e. The first-order valence-electron chi connectivity index (χ1n) is 9.17. The highest BCUT2D eigenvalue weighted by atomic mass is 16.5. The Balaban J connectivity index is 1.48. The second-order valence-corrected chi connectivity index (χ2v) is 7.04. The Morgan fingerprint density at radius 3 is 2.96 bits per heavy atom. The zero-order valence-corrected chi connectivity index (χ0v) is 14.2. The van der Waals surface area contributed by atoms with Crippen LogP contribution in [-0.4, -0.2) is 46.3 Å². The number of morpholine rings is 1. The summed E-state index contributed by atoms with van der Waals surface area (Å²) >= 11 is 0. The molecule has 2 aliphatic rings. The zero-order chi connectivity index (χ0) is 16.1. The second kappa shape index (κ2) is 7.95. The van der Waals surface area contributed by atoms with E-state index < -0.39 is 0 Å². The number of amides is 1. The second-order valence-electron chi connectivity index (χ2n) is 7.04. The maximum Gasteiger partial charge on any atom is 0.222 e. The quantitative estimate of drug-likeness (QED) is 0.801. The molecule has 1 saturated carbocycles. The van der Waals surface area contributed by atoms with E-state index in [1.54, 1.807) is 0 Å². The van der Waals surface area contributed by atoms with Crippen molar-refractivity contribution >= 4 is 5.91 Å². The molecule has 1 aliphatic heterocycles. The lowest BCUT2D eigenvalue weighted by molar-refractivity contribution is -0.148. The van der Waals surface area contributed by atoms with Crippen molar-refractivity contribution in [2.75, 3.05) is 13.1 Å². The fourth-order valence-corrected chi connectivity index (χ4v) is 3.41. The molecule has 1 aliphatic carbocycles. The third kappa shape index (κ3) is 4.80. The van der Waals surface area contributed by atoms with Crippen molar-refractivity contribution < 1.29 is 9.53 Å². The molecule has 128 valence electrons. The molecule has 0 aromatic carbocycles. The fourth-order valence-electron chi connectivity index (χ4n) is 3.41. The first-order valence-corrected chi connectivity index (χ1v) is 9.17. The Morgan fingerprint density at radius 2 is 2.26 bits per heavy atom. The smallest absolute Gasteiger partial charge is 0.222 e. The van der Waals surface area contributed by atoms with Crippen LogP contribution in [0.5, 0.6) is 0 Å². The van der Waals surface area contributed by atoms with Crippen molar-refractivity contribution in [3.8, 4) is 0 Å². The van der Waals surface area contributed by atoms with Gasteiger partial charge in [-0.1, -0.05) is 19.8 Å². The number of aromatic amines is 1. The number of hydrogen-bond donors (Lipinski definition) is 1. The van der Waals surface area contributed by atoms with Crippen LogP contribution in [-0.2, 0) is 16.0 Å². The molecule has 0 unspecified atom stereocenters. The van der Waals surface area contributed by atoms with E-state index in [-0.39, 0.29) is 12.2 Å². The molecule has 23 heavy (non-hydrogen) atoms. The molecule has 0 spiro atoms. The molecular formula is C18H29N3O2. The summed E-state index contributed by atoms with van der Waals surface area (Å²) < 4.78 is 6.25. The van der Waals surface area contributed by atoms with Crippen LogP contribution in [0, 0.1) is 5.92 Å². The van der Waals surface area contributed by atoms with Crippen LogP contribution < -0.4 is 0 Å². The summed E-state index contributed by atoms with van der Waals surface area (Å²) in [4.78, 5) is 14.7. The van der Waals surface area contributed by atoms with Gasteiger partial charge in [0.15, 0.2) is 0 Å². The zero-order valence-electron chi connectivity index (χ0n) is 14.2. The lowest BCUT2D eigenvalue weighted by Crippen LogP contribution is -2.50. The first kappa shape index (κ1) is 16.5. The van der Waals surface area contributed by atoms with Gasteiger partial charge in [-0.2, -0.15) is 5.10 Å². The molecule has 5 nitrogen and oxygen atoms in total. The van der Waals surface area contributed by atoms with Crippen molar-refractivity contribution in [3.05, 3.63) is 18.0 Å². The number of aryl methyl sites for hydroxylation is 1. The first-order chi connectivity index (χ1) is 11.3. The summed E-state index contributed by atoms with van der Waals surface area (Å²) in [5, 5.41) is 6.77. The summed E-state index contributed by atoms with van der Waals surface area (Å²) in [5.41, 5.74) is 1.18. The van der Waals surface area contributed by atoms with Gasteiger partial charge in [0, 0.05) is 25.7 Å². The Morgan fingerprint density at radius 1 is 1.39 bits per heavy atom. The van der Waals surface area contributed by atoms with E-state index >= 15 is 0 Å². The molecule has 1 N–H and O–H groups in total.